The van der Waals surface area contributed by atoms with E-state index in [1.807, 2.05) is 18.2 Å². The van der Waals surface area contributed by atoms with Crippen molar-refractivity contribution in [3.63, 3.8) is 0 Å². The van der Waals surface area contributed by atoms with E-state index in [-0.39, 0.29) is 6.04 Å². The summed E-state index contributed by atoms with van der Waals surface area (Å²) in [5.74, 6) is 1.43. The third kappa shape index (κ3) is 2.61. The van der Waals surface area contributed by atoms with Crippen LogP contribution in [0.3, 0.4) is 0 Å². The fourth-order valence-electron chi connectivity index (χ4n) is 2.83. The number of benzene rings is 1. The van der Waals surface area contributed by atoms with Crippen molar-refractivity contribution in [3.05, 3.63) is 23.8 Å². The number of ether oxygens (including phenoxy) is 2. The molecule has 3 rings (SSSR count). The zero-order chi connectivity index (χ0) is 15.0. The van der Waals surface area contributed by atoms with Crippen LogP contribution in [0.1, 0.15) is 24.4 Å². The highest BCUT2D eigenvalue weighted by Crippen LogP contribution is 2.39. The van der Waals surface area contributed by atoms with Crippen molar-refractivity contribution in [3.8, 4) is 11.5 Å². The minimum atomic E-state index is -3.40. The van der Waals surface area contributed by atoms with Crippen molar-refractivity contribution in [2.75, 3.05) is 33.9 Å². The Morgan fingerprint density at radius 1 is 1.19 bits per heavy atom. The van der Waals surface area contributed by atoms with Crippen LogP contribution < -0.4 is 9.47 Å². The summed E-state index contributed by atoms with van der Waals surface area (Å²) in [5.41, 5.74) is 0.960. The van der Waals surface area contributed by atoms with Gasteiger partial charge in [0.2, 0.25) is 0 Å². The lowest BCUT2D eigenvalue weighted by Crippen LogP contribution is -2.39. The van der Waals surface area contributed by atoms with Crippen LogP contribution in [0, 0.1) is 0 Å². The van der Waals surface area contributed by atoms with E-state index in [9.17, 15) is 8.42 Å². The van der Waals surface area contributed by atoms with Crippen LogP contribution in [0.15, 0.2) is 18.2 Å². The van der Waals surface area contributed by atoms with Gasteiger partial charge in [0.15, 0.2) is 11.5 Å². The van der Waals surface area contributed by atoms with E-state index in [1.54, 1.807) is 18.4 Å². The van der Waals surface area contributed by atoms with Gasteiger partial charge in [-0.25, -0.2) is 0 Å². The quantitative estimate of drug-likeness (QED) is 0.846. The molecule has 2 aliphatic heterocycles. The minimum Gasteiger partial charge on any atom is -0.486 e. The lowest BCUT2D eigenvalue weighted by Gasteiger charge is -2.28. The van der Waals surface area contributed by atoms with Gasteiger partial charge >= 0.3 is 0 Å². The van der Waals surface area contributed by atoms with E-state index in [0.29, 0.717) is 25.5 Å². The Morgan fingerprint density at radius 2 is 1.90 bits per heavy atom. The average Bonchev–Trinajstić information content (AvgIpc) is 2.96. The smallest absolute Gasteiger partial charge is 0.282 e. The first-order valence-corrected chi connectivity index (χ1v) is 8.48. The van der Waals surface area contributed by atoms with E-state index in [0.717, 1.165) is 24.2 Å². The second-order valence-electron chi connectivity index (χ2n) is 5.46. The van der Waals surface area contributed by atoms with Gasteiger partial charge in [0, 0.05) is 20.6 Å². The molecule has 0 aromatic heterocycles. The maximum absolute atomic E-state index is 12.4. The van der Waals surface area contributed by atoms with E-state index >= 15 is 0 Å². The molecule has 0 amide bonds. The first-order chi connectivity index (χ1) is 10.00. The van der Waals surface area contributed by atoms with Gasteiger partial charge in [0.1, 0.15) is 13.2 Å². The molecule has 2 aliphatic rings. The van der Waals surface area contributed by atoms with Crippen LogP contribution in [-0.4, -0.2) is 50.9 Å². The van der Waals surface area contributed by atoms with Crippen LogP contribution >= 0.6 is 0 Å². The monoisotopic (exact) mass is 312 g/mol. The van der Waals surface area contributed by atoms with Crippen molar-refractivity contribution >= 4 is 10.2 Å². The molecule has 1 fully saturated rings. The zero-order valence-corrected chi connectivity index (χ0v) is 13.1. The summed E-state index contributed by atoms with van der Waals surface area (Å²) in [6.45, 7) is 1.64. The van der Waals surface area contributed by atoms with Crippen molar-refractivity contribution in [2.24, 2.45) is 0 Å². The van der Waals surface area contributed by atoms with Crippen LogP contribution in [0.2, 0.25) is 0 Å². The van der Waals surface area contributed by atoms with Gasteiger partial charge in [0.05, 0.1) is 6.04 Å². The van der Waals surface area contributed by atoms with E-state index in [1.165, 1.54) is 4.31 Å². The Bertz CT molecular complexity index is 630. The summed E-state index contributed by atoms with van der Waals surface area (Å²) in [4.78, 5) is 0. The number of hydrogen-bond acceptors (Lipinski definition) is 4. The molecule has 0 radical (unpaired) electrons. The molecule has 6 nitrogen and oxygen atoms in total. The molecule has 2 heterocycles. The van der Waals surface area contributed by atoms with Crippen molar-refractivity contribution < 1.29 is 17.9 Å². The number of hydrogen-bond donors (Lipinski definition) is 0. The topological polar surface area (TPSA) is 59.1 Å². The predicted octanol–water partition coefficient (Wildman–Crippen LogP) is 1.40. The third-order valence-corrected chi connectivity index (χ3v) is 5.87. The third-order valence-electron chi connectivity index (χ3n) is 3.91. The fraction of sp³-hybridized carbons (Fsp3) is 0.571. The fourth-order valence-corrected chi connectivity index (χ4v) is 4.15. The molecule has 0 saturated carbocycles. The normalized spacial score (nSPS) is 22.7. The van der Waals surface area contributed by atoms with Gasteiger partial charge < -0.3 is 9.47 Å². The van der Waals surface area contributed by atoms with Crippen LogP contribution in [0.4, 0.5) is 0 Å². The maximum Gasteiger partial charge on any atom is 0.282 e. The van der Waals surface area contributed by atoms with Crippen LogP contribution in [0.25, 0.3) is 0 Å². The Balaban J connectivity index is 1.92. The molecule has 0 spiro atoms. The van der Waals surface area contributed by atoms with Gasteiger partial charge in [-0.3, -0.25) is 0 Å². The van der Waals surface area contributed by atoms with Gasteiger partial charge in [-0.2, -0.15) is 17.0 Å². The zero-order valence-electron chi connectivity index (χ0n) is 12.3. The summed E-state index contributed by atoms with van der Waals surface area (Å²) in [6, 6.07) is 5.57. The summed E-state index contributed by atoms with van der Waals surface area (Å²) in [5, 5.41) is 0. The maximum atomic E-state index is 12.4. The Morgan fingerprint density at radius 3 is 2.62 bits per heavy atom. The predicted molar refractivity (Wildman–Crippen MR) is 78.7 cm³/mol. The highest BCUT2D eigenvalue weighted by molar-refractivity contribution is 7.86. The number of rotatable bonds is 3. The largest absolute Gasteiger partial charge is 0.486 e. The second kappa shape index (κ2) is 5.47. The lowest BCUT2D eigenvalue weighted by atomic mass is 10.0. The SMILES string of the molecule is CN(C)S(=O)(=O)N1CCC[C@H]1c1ccc2c(c1)OCCO2. The van der Waals surface area contributed by atoms with Crippen molar-refractivity contribution in [2.45, 2.75) is 18.9 Å². The summed E-state index contributed by atoms with van der Waals surface area (Å²) in [7, 11) is -0.273. The van der Waals surface area contributed by atoms with E-state index < -0.39 is 10.2 Å². The molecule has 1 aromatic rings. The number of fused-ring (bicyclic) bond motifs is 1. The molecule has 0 aliphatic carbocycles. The lowest BCUT2D eigenvalue weighted by molar-refractivity contribution is 0.171. The van der Waals surface area contributed by atoms with Gasteiger partial charge in [0.25, 0.3) is 10.2 Å². The highest BCUT2D eigenvalue weighted by atomic mass is 32.2. The Labute approximate surface area is 125 Å². The number of nitrogens with zero attached hydrogens (tertiary/aromatic N) is 2. The summed E-state index contributed by atoms with van der Waals surface area (Å²) < 4.78 is 38.7. The molecule has 0 N–H and O–H groups in total. The van der Waals surface area contributed by atoms with E-state index in [2.05, 4.69) is 0 Å². The molecule has 1 saturated heterocycles. The molecular weight excluding hydrogens is 292 g/mol. The molecular formula is C14H20N2O4S. The minimum absolute atomic E-state index is 0.131. The molecule has 7 heteroatoms. The Hall–Kier alpha value is -1.31. The van der Waals surface area contributed by atoms with Crippen molar-refractivity contribution in [1.29, 1.82) is 0 Å². The first-order valence-electron chi connectivity index (χ1n) is 7.09. The standard InChI is InChI=1S/C14H20N2O4S/c1-15(2)21(17,18)16-7-3-4-12(16)11-5-6-13-14(10-11)20-9-8-19-13/h5-6,10,12H,3-4,7-9H2,1-2H3/t12-/m0/s1. The van der Waals surface area contributed by atoms with Gasteiger partial charge in [-0.1, -0.05) is 6.07 Å². The first kappa shape index (κ1) is 14.6. The molecule has 1 atom stereocenters. The molecule has 0 unspecified atom stereocenters. The van der Waals surface area contributed by atoms with Crippen molar-refractivity contribution in [1.82, 2.24) is 8.61 Å². The molecule has 21 heavy (non-hydrogen) atoms. The summed E-state index contributed by atoms with van der Waals surface area (Å²) >= 11 is 0. The molecule has 116 valence electrons. The van der Waals surface area contributed by atoms with E-state index in [4.69, 9.17) is 9.47 Å². The van der Waals surface area contributed by atoms with Crippen LogP contribution in [0.5, 0.6) is 11.5 Å². The second-order valence-corrected chi connectivity index (χ2v) is 7.56. The van der Waals surface area contributed by atoms with Gasteiger partial charge in [-0.15, -0.1) is 0 Å². The molecule has 1 aromatic carbocycles. The van der Waals surface area contributed by atoms with Gasteiger partial charge in [-0.05, 0) is 30.5 Å². The average molecular weight is 312 g/mol. The Kier molecular flexibility index (Phi) is 3.81. The highest BCUT2D eigenvalue weighted by Gasteiger charge is 2.36. The summed E-state index contributed by atoms with van der Waals surface area (Å²) in [6.07, 6.45) is 1.69. The molecule has 0 bridgehead atoms. The van der Waals surface area contributed by atoms with Crippen LogP contribution in [-0.2, 0) is 10.2 Å².